The van der Waals surface area contributed by atoms with Crippen molar-refractivity contribution in [2.75, 3.05) is 14.2 Å². The summed E-state index contributed by atoms with van der Waals surface area (Å²) in [6.07, 6.45) is 0.843. The highest BCUT2D eigenvalue weighted by atomic mass is 16.5. The fourth-order valence-corrected chi connectivity index (χ4v) is 2.10. The first-order valence-corrected chi connectivity index (χ1v) is 6.84. The molecule has 22 heavy (non-hydrogen) atoms. The van der Waals surface area contributed by atoms with Gasteiger partial charge in [-0.05, 0) is 24.0 Å². The molecule has 0 fully saturated rings. The van der Waals surface area contributed by atoms with Crippen LogP contribution in [0.2, 0.25) is 0 Å². The van der Waals surface area contributed by atoms with Gasteiger partial charge < -0.3 is 14.6 Å². The lowest BCUT2D eigenvalue weighted by Gasteiger charge is -2.24. The molecule has 0 saturated carbocycles. The topological polar surface area (TPSA) is 72.8 Å². The minimum absolute atomic E-state index is 0.210. The lowest BCUT2D eigenvalue weighted by atomic mass is 9.84. The molecule has 0 aliphatic heterocycles. The molecular formula is C17H22O5. The normalized spacial score (nSPS) is 12.0. The summed E-state index contributed by atoms with van der Waals surface area (Å²) in [4.78, 5) is 22.7. The number of rotatable bonds is 4. The van der Waals surface area contributed by atoms with Gasteiger partial charge in [0.05, 0.1) is 19.8 Å². The predicted octanol–water partition coefficient (Wildman–Crippen LogP) is 2.94. The van der Waals surface area contributed by atoms with Gasteiger partial charge in [-0.2, -0.15) is 0 Å². The number of esters is 1. The molecule has 120 valence electrons. The highest BCUT2D eigenvalue weighted by Crippen LogP contribution is 2.37. The van der Waals surface area contributed by atoms with E-state index in [4.69, 9.17) is 4.74 Å². The van der Waals surface area contributed by atoms with Gasteiger partial charge in [0.15, 0.2) is 0 Å². The second kappa shape index (κ2) is 6.64. The Balaban J connectivity index is 3.47. The van der Waals surface area contributed by atoms with E-state index in [0.29, 0.717) is 11.3 Å². The van der Waals surface area contributed by atoms with Crippen LogP contribution in [0, 0.1) is 6.92 Å². The molecule has 0 unspecified atom stereocenters. The van der Waals surface area contributed by atoms with Crippen LogP contribution in [0.15, 0.2) is 18.2 Å². The molecule has 0 spiro atoms. The van der Waals surface area contributed by atoms with Gasteiger partial charge in [0, 0.05) is 11.6 Å². The van der Waals surface area contributed by atoms with E-state index in [1.807, 2.05) is 33.8 Å². The summed E-state index contributed by atoms with van der Waals surface area (Å²) in [5.41, 5.74) is 1.96. The molecule has 0 aliphatic carbocycles. The van der Waals surface area contributed by atoms with Crippen molar-refractivity contribution >= 4 is 17.5 Å². The van der Waals surface area contributed by atoms with Crippen LogP contribution in [0.1, 0.15) is 37.5 Å². The second-order valence-corrected chi connectivity index (χ2v) is 6.03. The number of ketones is 1. The lowest BCUT2D eigenvalue weighted by Crippen LogP contribution is -2.15. The molecule has 5 heteroatoms. The van der Waals surface area contributed by atoms with Crippen molar-refractivity contribution in [3.63, 3.8) is 0 Å². The SMILES string of the molecule is COC(=O)C(=O)/C=C(\O)c1cc(C)cc(C(C)(C)C)c1OC. The van der Waals surface area contributed by atoms with E-state index in [0.717, 1.165) is 24.3 Å². The van der Waals surface area contributed by atoms with Gasteiger partial charge in [0.1, 0.15) is 11.5 Å². The summed E-state index contributed by atoms with van der Waals surface area (Å²) < 4.78 is 9.75. The highest BCUT2D eigenvalue weighted by molar-refractivity contribution is 6.39. The van der Waals surface area contributed by atoms with E-state index in [-0.39, 0.29) is 11.2 Å². The number of hydrogen-bond donors (Lipinski definition) is 1. The van der Waals surface area contributed by atoms with Crippen molar-refractivity contribution in [1.82, 2.24) is 0 Å². The molecule has 1 aromatic rings. The third kappa shape index (κ3) is 3.87. The molecule has 1 aromatic carbocycles. The Bertz CT molecular complexity index is 621. The zero-order chi connectivity index (χ0) is 17.1. The van der Waals surface area contributed by atoms with Gasteiger partial charge in [0.2, 0.25) is 0 Å². The fourth-order valence-electron chi connectivity index (χ4n) is 2.10. The summed E-state index contributed by atoms with van der Waals surface area (Å²) >= 11 is 0. The predicted molar refractivity (Wildman–Crippen MR) is 84.1 cm³/mol. The molecule has 0 amide bonds. The van der Waals surface area contributed by atoms with Gasteiger partial charge in [-0.25, -0.2) is 4.79 Å². The zero-order valence-electron chi connectivity index (χ0n) is 13.8. The minimum Gasteiger partial charge on any atom is -0.507 e. The van der Waals surface area contributed by atoms with Crippen LogP contribution in [0.25, 0.3) is 5.76 Å². The number of benzene rings is 1. The maximum absolute atomic E-state index is 11.6. The molecule has 5 nitrogen and oxygen atoms in total. The first kappa shape index (κ1) is 17.8. The van der Waals surface area contributed by atoms with Crippen LogP contribution in [-0.2, 0) is 19.7 Å². The Morgan fingerprint density at radius 2 is 1.77 bits per heavy atom. The van der Waals surface area contributed by atoms with Crippen molar-refractivity contribution < 1.29 is 24.2 Å². The van der Waals surface area contributed by atoms with Gasteiger partial charge in [0.25, 0.3) is 5.78 Å². The molecule has 0 aromatic heterocycles. The van der Waals surface area contributed by atoms with Crippen LogP contribution in [0.4, 0.5) is 0 Å². The monoisotopic (exact) mass is 306 g/mol. The van der Waals surface area contributed by atoms with Crippen LogP contribution >= 0.6 is 0 Å². The molecule has 0 radical (unpaired) electrons. The number of aryl methyl sites for hydroxylation is 1. The van der Waals surface area contributed by atoms with E-state index in [1.165, 1.54) is 7.11 Å². The van der Waals surface area contributed by atoms with Gasteiger partial charge in [-0.3, -0.25) is 4.79 Å². The third-order valence-electron chi connectivity index (χ3n) is 3.18. The number of carbonyl (C=O) groups is 2. The number of carbonyl (C=O) groups excluding carboxylic acids is 2. The van der Waals surface area contributed by atoms with Gasteiger partial charge in [-0.1, -0.05) is 26.8 Å². The van der Waals surface area contributed by atoms with Crippen LogP contribution in [0.5, 0.6) is 5.75 Å². The van der Waals surface area contributed by atoms with Crippen LogP contribution < -0.4 is 4.74 Å². The van der Waals surface area contributed by atoms with Gasteiger partial charge >= 0.3 is 5.97 Å². The van der Waals surface area contributed by atoms with E-state index in [1.54, 1.807) is 6.07 Å². The second-order valence-electron chi connectivity index (χ2n) is 6.03. The van der Waals surface area contributed by atoms with E-state index < -0.39 is 11.8 Å². The maximum atomic E-state index is 11.6. The van der Waals surface area contributed by atoms with E-state index in [9.17, 15) is 14.7 Å². The molecule has 0 bridgehead atoms. The summed E-state index contributed by atoms with van der Waals surface area (Å²) in [5.74, 6) is -1.82. The summed E-state index contributed by atoms with van der Waals surface area (Å²) in [6, 6.07) is 3.67. The van der Waals surface area contributed by atoms with Crippen molar-refractivity contribution in [2.24, 2.45) is 0 Å². The van der Waals surface area contributed by atoms with Crippen LogP contribution in [0.3, 0.4) is 0 Å². The Morgan fingerprint density at radius 3 is 2.23 bits per heavy atom. The van der Waals surface area contributed by atoms with Crippen molar-refractivity contribution in [3.8, 4) is 5.75 Å². The van der Waals surface area contributed by atoms with Crippen LogP contribution in [-0.4, -0.2) is 31.1 Å². The van der Waals surface area contributed by atoms with E-state index >= 15 is 0 Å². The molecule has 1 N–H and O–H groups in total. The molecule has 1 rings (SSSR count). The average Bonchev–Trinajstić information content (AvgIpc) is 2.44. The van der Waals surface area contributed by atoms with Crippen molar-refractivity contribution in [1.29, 1.82) is 0 Å². The summed E-state index contributed by atoms with van der Waals surface area (Å²) in [7, 11) is 2.61. The Hall–Kier alpha value is -2.30. The van der Waals surface area contributed by atoms with E-state index in [2.05, 4.69) is 4.74 Å². The third-order valence-corrected chi connectivity index (χ3v) is 3.18. The molecule has 0 aliphatic rings. The molecule has 0 saturated heterocycles. The minimum atomic E-state index is -1.03. The molecule has 0 atom stereocenters. The van der Waals surface area contributed by atoms with Crippen molar-refractivity contribution in [2.45, 2.75) is 33.1 Å². The molecule has 0 heterocycles. The summed E-state index contributed by atoms with van der Waals surface area (Å²) in [5, 5.41) is 10.2. The first-order valence-electron chi connectivity index (χ1n) is 6.84. The van der Waals surface area contributed by atoms with Gasteiger partial charge in [-0.15, -0.1) is 0 Å². The summed E-state index contributed by atoms with van der Waals surface area (Å²) in [6.45, 7) is 7.95. The Kier molecular flexibility index (Phi) is 5.36. The number of aliphatic hydroxyl groups is 1. The van der Waals surface area contributed by atoms with Crippen molar-refractivity contribution in [3.05, 3.63) is 34.9 Å². The highest BCUT2D eigenvalue weighted by Gasteiger charge is 2.24. The quantitative estimate of drug-likeness (QED) is 0.401. The standard InChI is InChI=1S/C17H22O5/c1-10-7-11(13(18)9-14(19)16(20)22-6)15(21-5)12(8-10)17(2,3)4/h7-9,18H,1-6H3/b13-9-. The molecular weight excluding hydrogens is 284 g/mol. The largest absolute Gasteiger partial charge is 0.507 e. The number of aliphatic hydroxyl groups excluding tert-OH is 1. The average molecular weight is 306 g/mol. The zero-order valence-corrected chi connectivity index (χ0v) is 13.8. The number of hydrogen-bond acceptors (Lipinski definition) is 5. The Labute approximate surface area is 130 Å². The maximum Gasteiger partial charge on any atom is 0.378 e. The lowest BCUT2D eigenvalue weighted by molar-refractivity contribution is -0.149. The fraction of sp³-hybridized carbons (Fsp3) is 0.412. The first-order chi connectivity index (χ1) is 10.1. The smallest absolute Gasteiger partial charge is 0.378 e. The Morgan fingerprint density at radius 1 is 1.18 bits per heavy atom. The number of ether oxygens (including phenoxy) is 2. The number of methoxy groups -OCH3 is 2.